The van der Waals surface area contributed by atoms with Crippen LogP contribution in [-0.4, -0.2) is 57.2 Å². The number of benzene rings is 6. The van der Waals surface area contributed by atoms with E-state index in [9.17, 15) is 34.2 Å². The predicted molar refractivity (Wildman–Crippen MR) is 225 cm³/mol. The number of ether oxygens (including phenoxy) is 2. The van der Waals surface area contributed by atoms with Gasteiger partial charge >= 0.3 is 5.97 Å². The van der Waals surface area contributed by atoms with Crippen molar-refractivity contribution in [2.75, 3.05) is 33.4 Å². The highest BCUT2D eigenvalue weighted by Gasteiger charge is 2.25. The fourth-order valence-corrected chi connectivity index (χ4v) is 9.37. The third-order valence-electron chi connectivity index (χ3n) is 9.64. The molecule has 2 amide bonds. The van der Waals surface area contributed by atoms with Crippen molar-refractivity contribution in [3.63, 3.8) is 0 Å². The van der Waals surface area contributed by atoms with Crippen LogP contribution < -0.4 is 42.2 Å². The van der Waals surface area contributed by atoms with Gasteiger partial charge in [0.15, 0.2) is 5.43 Å². The summed E-state index contributed by atoms with van der Waals surface area (Å²) in [6, 6.07) is 37.4. The topological polar surface area (TPSA) is 187 Å². The Morgan fingerprint density at radius 1 is 0.717 bits per heavy atom. The molecule has 0 saturated carbocycles. The fraction of sp³-hybridized carbons (Fsp3) is 0.128. The second-order valence-corrected chi connectivity index (χ2v) is 15.8. The Bertz CT molecular complexity index is 2700. The number of carboxylic acids is 1. The highest BCUT2D eigenvalue weighted by molar-refractivity contribution is 7.80. The molecule has 2 aliphatic rings. The zero-order valence-corrected chi connectivity index (χ0v) is 33.2. The summed E-state index contributed by atoms with van der Waals surface area (Å²) in [4.78, 5) is 63.6. The van der Waals surface area contributed by atoms with Crippen LogP contribution in [0.3, 0.4) is 0 Å². The first-order chi connectivity index (χ1) is 29.1. The zero-order valence-electron chi connectivity index (χ0n) is 32.3. The van der Waals surface area contributed by atoms with Crippen LogP contribution in [0.5, 0.6) is 5.75 Å². The largest absolute Gasteiger partial charge is 0.872 e. The maximum absolute atomic E-state index is 13.3. The van der Waals surface area contributed by atoms with Crippen molar-refractivity contribution < 1.29 is 43.3 Å². The van der Waals surface area contributed by atoms with Crippen molar-refractivity contribution in [3.8, 4) is 28.2 Å². The number of aromatic carboxylic acids is 1. The Kier molecular flexibility index (Phi) is 12.7. The molecule has 0 atom stereocenters. The van der Waals surface area contributed by atoms with E-state index in [1.54, 1.807) is 30.3 Å². The van der Waals surface area contributed by atoms with Gasteiger partial charge in [-0.2, -0.15) is 0 Å². The van der Waals surface area contributed by atoms with Gasteiger partial charge in [0, 0.05) is 52.1 Å². The number of esters is 1. The van der Waals surface area contributed by atoms with E-state index in [0.717, 1.165) is 10.6 Å². The molecule has 7 rings (SSSR count). The molecule has 12 nitrogen and oxygen atoms in total. The number of nitrogens with one attached hydrogen (secondary N) is 2. The van der Waals surface area contributed by atoms with E-state index in [1.165, 1.54) is 49.6 Å². The van der Waals surface area contributed by atoms with Gasteiger partial charge < -0.3 is 39.5 Å². The van der Waals surface area contributed by atoms with Gasteiger partial charge in [0.1, 0.15) is 11.3 Å². The van der Waals surface area contributed by atoms with Crippen LogP contribution >= 0.6 is 7.92 Å². The van der Waals surface area contributed by atoms with Crippen LogP contribution in [-0.2, 0) is 20.7 Å². The maximum Gasteiger partial charge on any atom is 0.338 e. The Balaban J connectivity index is 0.950. The summed E-state index contributed by atoms with van der Waals surface area (Å²) in [5, 5.41) is 33.3. The second-order valence-electron chi connectivity index (χ2n) is 13.6. The van der Waals surface area contributed by atoms with Crippen LogP contribution in [0.1, 0.15) is 36.6 Å². The first-order valence-electron chi connectivity index (χ1n) is 18.9. The molecule has 0 fully saturated rings. The van der Waals surface area contributed by atoms with Crippen LogP contribution in [0, 0.1) is 0 Å². The molecule has 5 aromatic rings. The third kappa shape index (κ3) is 9.26. The number of fused-ring (bicyclic) bond motifs is 2. The minimum Gasteiger partial charge on any atom is -0.872 e. The summed E-state index contributed by atoms with van der Waals surface area (Å²) in [6.07, 6.45) is -0.130. The van der Waals surface area contributed by atoms with Crippen LogP contribution in [0.15, 0.2) is 143 Å². The lowest BCUT2D eigenvalue weighted by Gasteiger charge is -2.22. The zero-order chi connectivity index (χ0) is 42.2. The highest BCUT2D eigenvalue weighted by atomic mass is 31.1. The Hall–Kier alpha value is -7.14. The monoisotopic (exact) mass is 820 g/mol. The predicted octanol–water partition coefficient (Wildman–Crippen LogP) is 3.65. The molecule has 0 unspecified atom stereocenters. The van der Waals surface area contributed by atoms with E-state index in [2.05, 4.69) is 10.6 Å². The van der Waals surface area contributed by atoms with Crippen molar-refractivity contribution in [2.45, 2.75) is 6.42 Å². The first-order valence-corrected chi connectivity index (χ1v) is 20.2. The van der Waals surface area contributed by atoms with Gasteiger partial charge in [-0.25, -0.2) is 4.79 Å². The number of rotatable bonds is 15. The van der Waals surface area contributed by atoms with E-state index in [0.29, 0.717) is 38.5 Å². The fourth-order valence-electron chi connectivity index (χ4n) is 6.90. The molecule has 1 aliphatic heterocycles. The van der Waals surface area contributed by atoms with Crippen molar-refractivity contribution >= 4 is 58.6 Å². The first kappa shape index (κ1) is 41.0. The highest BCUT2D eigenvalue weighted by Crippen LogP contribution is 2.42. The molecule has 13 heteroatoms. The van der Waals surface area contributed by atoms with Crippen LogP contribution in [0.25, 0.3) is 33.4 Å². The van der Waals surface area contributed by atoms with Gasteiger partial charge in [-0.1, -0.05) is 84.9 Å². The number of amides is 2. The molecular weight excluding hydrogens is 783 g/mol. The van der Waals surface area contributed by atoms with Gasteiger partial charge in [-0.05, 0) is 72.1 Å². The molecule has 60 heavy (non-hydrogen) atoms. The van der Waals surface area contributed by atoms with E-state index < -0.39 is 19.9 Å². The molecule has 0 bridgehead atoms. The summed E-state index contributed by atoms with van der Waals surface area (Å²) in [6.45, 7) is 0.653. The van der Waals surface area contributed by atoms with E-state index >= 15 is 0 Å². The lowest BCUT2D eigenvalue weighted by atomic mass is 9.89. The van der Waals surface area contributed by atoms with Crippen LogP contribution in [0.4, 0.5) is 0 Å². The lowest BCUT2D eigenvalue weighted by Crippen LogP contribution is -2.32. The third-order valence-corrected chi connectivity index (χ3v) is 12.1. The van der Waals surface area contributed by atoms with Crippen LogP contribution in [0.2, 0.25) is 0 Å². The van der Waals surface area contributed by atoms with Crippen molar-refractivity contribution in [1.29, 1.82) is 0 Å². The Morgan fingerprint density at radius 2 is 1.40 bits per heavy atom. The molecule has 1 aliphatic carbocycles. The molecule has 0 saturated heterocycles. The van der Waals surface area contributed by atoms with E-state index in [-0.39, 0.29) is 78.2 Å². The molecule has 0 spiro atoms. The Labute approximate surface area is 345 Å². The Morgan fingerprint density at radius 3 is 2.08 bits per heavy atom. The quantitative estimate of drug-likeness (QED) is 0.0670. The minimum atomic E-state index is -1.47. The second kappa shape index (κ2) is 18.6. The lowest BCUT2D eigenvalue weighted by molar-refractivity contribution is -0.268. The van der Waals surface area contributed by atoms with Gasteiger partial charge in [0.25, 0.3) is 5.91 Å². The number of hydrogen-bond acceptors (Lipinski definition) is 10. The van der Waals surface area contributed by atoms with Crippen molar-refractivity contribution in [1.82, 2.24) is 10.6 Å². The molecule has 302 valence electrons. The summed E-state index contributed by atoms with van der Waals surface area (Å²) in [5.41, 5.74) is 2.03. The average Bonchev–Trinajstić information content (AvgIpc) is 3.25. The minimum absolute atomic E-state index is 0.130. The summed E-state index contributed by atoms with van der Waals surface area (Å²) >= 11 is 0. The molecule has 5 aromatic carbocycles. The molecule has 2 N–H and O–H groups in total. The van der Waals surface area contributed by atoms with Crippen molar-refractivity contribution in [2.24, 2.45) is 0 Å². The molecule has 0 aromatic heterocycles. The smallest absolute Gasteiger partial charge is 0.338 e. The van der Waals surface area contributed by atoms with Gasteiger partial charge in [0.05, 0.1) is 38.3 Å². The average molecular weight is 821 g/mol. The SMILES string of the molecule is COC(=O)c1ccc(C(=O)NCCOCCNC(=O)Cc2ccc(-c3c4ccc(=O)cc-4oc4cc([O-])ccc34)c(C(=O)[O-])c2)cc1P(c1ccccc1)c1ccccc1. The summed E-state index contributed by atoms with van der Waals surface area (Å²) < 4.78 is 16.6. The number of carbonyl (C=O) groups excluding carboxylic acids is 4. The summed E-state index contributed by atoms with van der Waals surface area (Å²) in [7, 11) is 0.115. The molecule has 1 heterocycles. The number of methoxy groups -OCH3 is 1. The van der Waals surface area contributed by atoms with Gasteiger partial charge in [-0.15, -0.1) is 5.75 Å². The van der Waals surface area contributed by atoms with E-state index in [1.807, 2.05) is 60.7 Å². The normalized spacial score (nSPS) is 11.1. The van der Waals surface area contributed by atoms with Gasteiger partial charge in [0.2, 0.25) is 5.91 Å². The number of carbonyl (C=O) groups is 4. The number of hydrogen-bond donors (Lipinski definition) is 2. The van der Waals surface area contributed by atoms with Gasteiger partial charge in [-0.3, -0.25) is 14.4 Å². The van der Waals surface area contributed by atoms with Crippen molar-refractivity contribution in [3.05, 3.63) is 166 Å². The maximum atomic E-state index is 13.3. The number of carboxylic acid groups (broad SMARTS) is 1. The molecule has 0 radical (unpaired) electrons. The van der Waals surface area contributed by atoms with E-state index in [4.69, 9.17) is 13.9 Å². The standard InChI is InChI=1S/C47H39N2O10P/c1-57-47(56)38-17-13-30(26-42(38)60(33-8-4-2-5-9-33)34-10-6-3-7-11-34)45(53)49-21-23-58-22-20-48-43(52)25-29-12-16-35(39(24-29)46(54)55)44-36-18-14-31(50)27-40(36)59-41-28-32(51)15-19-37(41)44/h2-19,24,26-28,50H,20-23,25H2,1H3,(H,48,52)(H,49,53)(H,54,55)/p-2. The molecular formula is C47H37N2O10P-2. The summed E-state index contributed by atoms with van der Waals surface area (Å²) in [5.74, 6) is -2.83.